The lowest BCUT2D eigenvalue weighted by Crippen LogP contribution is -2.43. The number of sulfone groups is 1. The maximum Gasteiger partial charge on any atom is 0.276 e. The average Bonchev–Trinajstić information content (AvgIpc) is 2.97. The molecule has 0 spiro atoms. The molecule has 0 radical (unpaired) electrons. The quantitative estimate of drug-likeness (QED) is 0.833. The van der Waals surface area contributed by atoms with Gasteiger partial charge in [0.25, 0.3) is 5.91 Å². The summed E-state index contributed by atoms with van der Waals surface area (Å²) in [5.41, 5.74) is 1.04. The number of rotatable bonds is 2. The van der Waals surface area contributed by atoms with Gasteiger partial charge in [-0.1, -0.05) is 35.5 Å². The second kappa shape index (κ2) is 5.33. The molecule has 2 heterocycles. The highest BCUT2D eigenvalue weighted by Gasteiger charge is 2.27. The molecule has 1 fully saturated rings. The van der Waals surface area contributed by atoms with Gasteiger partial charge in [0, 0.05) is 24.7 Å². The molecular formula is C14H14N2O4S. The van der Waals surface area contributed by atoms with E-state index >= 15 is 0 Å². The summed E-state index contributed by atoms with van der Waals surface area (Å²) in [6.45, 7) is 0.406. The lowest BCUT2D eigenvalue weighted by atomic mass is 10.1. The molecule has 1 saturated heterocycles. The predicted octanol–water partition coefficient (Wildman–Crippen LogP) is 1.21. The third-order valence-electron chi connectivity index (χ3n) is 3.42. The molecule has 0 bridgehead atoms. The number of amides is 1. The number of carbonyl (C=O) groups is 1. The van der Waals surface area contributed by atoms with E-state index in [9.17, 15) is 13.2 Å². The fourth-order valence-electron chi connectivity index (χ4n) is 2.19. The molecule has 1 amide bonds. The molecule has 2 aromatic rings. The molecule has 3 rings (SSSR count). The van der Waals surface area contributed by atoms with Crippen molar-refractivity contribution in [1.82, 2.24) is 10.1 Å². The molecule has 0 N–H and O–H groups in total. The first-order valence-corrected chi connectivity index (χ1v) is 8.39. The van der Waals surface area contributed by atoms with Crippen molar-refractivity contribution < 1.29 is 17.7 Å². The summed E-state index contributed by atoms with van der Waals surface area (Å²) in [5, 5.41) is 3.79. The van der Waals surface area contributed by atoms with E-state index < -0.39 is 9.84 Å². The minimum atomic E-state index is -3.01. The summed E-state index contributed by atoms with van der Waals surface area (Å²) in [4.78, 5) is 13.8. The standard InChI is InChI=1S/C14H14N2O4S/c17-14(16-6-8-21(18,19)9-7-16)12-10-13(20-15-12)11-4-2-1-3-5-11/h1-5,10H,6-9H2. The van der Waals surface area contributed by atoms with Crippen molar-refractivity contribution in [1.29, 1.82) is 0 Å². The third-order valence-corrected chi connectivity index (χ3v) is 5.03. The van der Waals surface area contributed by atoms with Gasteiger partial charge in [0.15, 0.2) is 21.3 Å². The number of aromatic nitrogens is 1. The Hall–Kier alpha value is -2.15. The van der Waals surface area contributed by atoms with Crippen molar-refractivity contribution in [2.45, 2.75) is 0 Å². The molecule has 1 aliphatic heterocycles. The van der Waals surface area contributed by atoms with Crippen molar-refractivity contribution in [2.24, 2.45) is 0 Å². The van der Waals surface area contributed by atoms with Crippen LogP contribution in [0, 0.1) is 0 Å². The highest BCUT2D eigenvalue weighted by Crippen LogP contribution is 2.20. The molecule has 110 valence electrons. The second-order valence-corrected chi connectivity index (χ2v) is 7.19. The van der Waals surface area contributed by atoms with E-state index in [2.05, 4.69) is 5.16 Å². The lowest BCUT2D eigenvalue weighted by molar-refractivity contribution is 0.0760. The maximum absolute atomic E-state index is 12.3. The van der Waals surface area contributed by atoms with Crippen LogP contribution in [0.15, 0.2) is 40.9 Å². The monoisotopic (exact) mass is 306 g/mol. The predicted molar refractivity (Wildman–Crippen MR) is 76.5 cm³/mol. The van der Waals surface area contributed by atoms with E-state index in [0.29, 0.717) is 5.76 Å². The van der Waals surface area contributed by atoms with Gasteiger partial charge in [-0.3, -0.25) is 4.79 Å². The molecule has 0 atom stereocenters. The fraction of sp³-hybridized carbons (Fsp3) is 0.286. The molecule has 0 aliphatic carbocycles. The molecule has 21 heavy (non-hydrogen) atoms. The van der Waals surface area contributed by atoms with Crippen LogP contribution in [0.2, 0.25) is 0 Å². The largest absolute Gasteiger partial charge is 0.355 e. The van der Waals surface area contributed by atoms with Gasteiger partial charge in [0.05, 0.1) is 11.5 Å². The van der Waals surface area contributed by atoms with E-state index in [0.717, 1.165) is 5.56 Å². The van der Waals surface area contributed by atoms with E-state index in [1.54, 1.807) is 6.07 Å². The van der Waals surface area contributed by atoms with Gasteiger partial charge in [0.1, 0.15) is 0 Å². The molecule has 1 aromatic carbocycles. The number of carbonyl (C=O) groups excluding carboxylic acids is 1. The smallest absolute Gasteiger partial charge is 0.276 e. The molecule has 0 saturated carbocycles. The Morgan fingerprint density at radius 3 is 2.48 bits per heavy atom. The van der Waals surface area contributed by atoms with Crippen LogP contribution in [0.3, 0.4) is 0 Å². The maximum atomic E-state index is 12.3. The Bertz CT molecular complexity index is 738. The van der Waals surface area contributed by atoms with Crippen molar-refractivity contribution in [3.8, 4) is 11.3 Å². The zero-order valence-electron chi connectivity index (χ0n) is 11.2. The van der Waals surface area contributed by atoms with Crippen LogP contribution in [0.1, 0.15) is 10.5 Å². The Morgan fingerprint density at radius 1 is 1.14 bits per heavy atom. The van der Waals surface area contributed by atoms with Gasteiger partial charge in [0.2, 0.25) is 0 Å². The van der Waals surface area contributed by atoms with Crippen molar-refractivity contribution in [3.05, 3.63) is 42.1 Å². The van der Waals surface area contributed by atoms with E-state index in [4.69, 9.17) is 4.52 Å². The molecule has 6 nitrogen and oxygen atoms in total. The van der Waals surface area contributed by atoms with Gasteiger partial charge in [-0.15, -0.1) is 0 Å². The summed E-state index contributed by atoms with van der Waals surface area (Å²) in [7, 11) is -3.01. The summed E-state index contributed by atoms with van der Waals surface area (Å²) in [5.74, 6) is 0.226. The molecular weight excluding hydrogens is 292 g/mol. The molecule has 1 aromatic heterocycles. The van der Waals surface area contributed by atoms with E-state index in [-0.39, 0.29) is 36.2 Å². The number of benzene rings is 1. The lowest BCUT2D eigenvalue weighted by Gasteiger charge is -2.25. The van der Waals surface area contributed by atoms with Crippen LogP contribution in [-0.4, -0.2) is 49.0 Å². The zero-order valence-corrected chi connectivity index (χ0v) is 12.0. The van der Waals surface area contributed by atoms with Crippen LogP contribution in [0.25, 0.3) is 11.3 Å². The highest BCUT2D eigenvalue weighted by molar-refractivity contribution is 7.91. The van der Waals surface area contributed by atoms with Crippen LogP contribution in [0.5, 0.6) is 0 Å². The van der Waals surface area contributed by atoms with Gasteiger partial charge < -0.3 is 9.42 Å². The summed E-state index contributed by atoms with van der Waals surface area (Å²) in [6.07, 6.45) is 0. The van der Waals surface area contributed by atoms with Crippen molar-refractivity contribution >= 4 is 15.7 Å². The molecule has 7 heteroatoms. The van der Waals surface area contributed by atoms with Gasteiger partial charge in [-0.25, -0.2) is 8.42 Å². The van der Waals surface area contributed by atoms with Gasteiger partial charge in [-0.05, 0) is 0 Å². The Kier molecular flexibility index (Phi) is 3.50. The Balaban J connectivity index is 1.76. The summed E-state index contributed by atoms with van der Waals surface area (Å²) < 4.78 is 27.9. The average molecular weight is 306 g/mol. The Morgan fingerprint density at radius 2 is 1.81 bits per heavy atom. The zero-order chi connectivity index (χ0) is 14.9. The second-order valence-electron chi connectivity index (χ2n) is 4.89. The van der Waals surface area contributed by atoms with Crippen LogP contribution < -0.4 is 0 Å². The fourth-order valence-corrected chi connectivity index (χ4v) is 3.39. The van der Waals surface area contributed by atoms with E-state index in [1.165, 1.54) is 4.90 Å². The molecule has 0 unspecified atom stereocenters. The number of hydrogen-bond acceptors (Lipinski definition) is 5. The third kappa shape index (κ3) is 2.97. The Labute approximate surface area is 122 Å². The van der Waals surface area contributed by atoms with Crippen molar-refractivity contribution in [3.63, 3.8) is 0 Å². The summed E-state index contributed by atoms with van der Waals surface area (Å²) in [6, 6.07) is 10.9. The first-order chi connectivity index (χ1) is 10.1. The first kappa shape index (κ1) is 13.8. The minimum absolute atomic E-state index is 0.00212. The van der Waals surface area contributed by atoms with Crippen LogP contribution >= 0.6 is 0 Å². The summed E-state index contributed by atoms with van der Waals surface area (Å²) >= 11 is 0. The first-order valence-electron chi connectivity index (χ1n) is 6.57. The van der Waals surface area contributed by atoms with E-state index in [1.807, 2.05) is 30.3 Å². The molecule has 1 aliphatic rings. The van der Waals surface area contributed by atoms with Crippen molar-refractivity contribution in [2.75, 3.05) is 24.6 Å². The highest BCUT2D eigenvalue weighted by atomic mass is 32.2. The van der Waals surface area contributed by atoms with Gasteiger partial charge >= 0.3 is 0 Å². The SMILES string of the molecule is O=C(c1cc(-c2ccccc2)on1)N1CCS(=O)(=O)CC1. The number of nitrogens with zero attached hydrogens (tertiary/aromatic N) is 2. The van der Waals surface area contributed by atoms with Crippen LogP contribution in [-0.2, 0) is 9.84 Å². The van der Waals surface area contributed by atoms with Crippen LogP contribution in [0.4, 0.5) is 0 Å². The number of hydrogen-bond donors (Lipinski definition) is 0. The normalized spacial score (nSPS) is 17.6. The topological polar surface area (TPSA) is 80.5 Å². The van der Waals surface area contributed by atoms with Gasteiger partial charge in [-0.2, -0.15) is 0 Å². The minimum Gasteiger partial charge on any atom is -0.355 e.